The van der Waals surface area contributed by atoms with Crippen LogP contribution in [0.5, 0.6) is 0 Å². The molecule has 0 aromatic heterocycles. The number of nitrogens with one attached hydrogen (secondary N) is 1. The van der Waals surface area contributed by atoms with Crippen LogP contribution >= 0.6 is 0 Å². The van der Waals surface area contributed by atoms with Crippen molar-refractivity contribution >= 4 is 5.91 Å². The van der Waals surface area contributed by atoms with Gasteiger partial charge in [0.05, 0.1) is 0 Å². The Morgan fingerprint density at radius 1 is 1.24 bits per heavy atom. The van der Waals surface area contributed by atoms with Gasteiger partial charge in [0.1, 0.15) is 0 Å². The molecule has 2 heteroatoms. The number of carbonyl (C=O) groups is 1. The minimum Gasteiger partial charge on any atom is -0.352 e. The molecule has 1 amide bonds. The average molecular weight is 233 g/mol. The first kappa shape index (κ1) is 13.8. The lowest BCUT2D eigenvalue weighted by atomic mass is 9.99. The van der Waals surface area contributed by atoms with Gasteiger partial charge in [-0.25, -0.2) is 0 Å². The Bertz CT molecular complexity index is 321. The molecule has 2 nitrogen and oxygen atoms in total. The van der Waals surface area contributed by atoms with Crippen molar-refractivity contribution in [2.24, 2.45) is 5.92 Å². The maximum Gasteiger partial charge on any atom is 0.251 e. The third-order valence-corrected chi connectivity index (χ3v) is 3.13. The number of rotatable bonds is 7. The van der Waals surface area contributed by atoms with Crippen LogP contribution in [0.4, 0.5) is 0 Å². The van der Waals surface area contributed by atoms with Gasteiger partial charge in [0.25, 0.3) is 5.91 Å². The maximum absolute atomic E-state index is 11.8. The molecule has 1 aromatic carbocycles. The summed E-state index contributed by atoms with van der Waals surface area (Å²) in [6.07, 6.45) is 4.82. The minimum atomic E-state index is 0.0422. The van der Waals surface area contributed by atoms with Crippen LogP contribution in [-0.4, -0.2) is 12.5 Å². The Hall–Kier alpha value is -1.31. The van der Waals surface area contributed by atoms with E-state index in [-0.39, 0.29) is 5.91 Å². The fraction of sp³-hybridized carbons (Fsp3) is 0.533. The third kappa shape index (κ3) is 5.03. The topological polar surface area (TPSA) is 29.1 Å². The summed E-state index contributed by atoms with van der Waals surface area (Å²) in [5, 5.41) is 3.02. The van der Waals surface area contributed by atoms with Gasteiger partial charge in [0.15, 0.2) is 0 Å². The van der Waals surface area contributed by atoms with E-state index in [4.69, 9.17) is 0 Å². The van der Waals surface area contributed by atoms with Crippen LogP contribution in [0.25, 0.3) is 0 Å². The van der Waals surface area contributed by atoms with E-state index in [9.17, 15) is 4.79 Å². The molecule has 0 saturated heterocycles. The van der Waals surface area contributed by atoms with Crippen molar-refractivity contribution in [1.82, 2.24) is 5.32 Å². The van der Waals surface area contributed by atoms with Gasteiger partial charge in [0, 0.05) is 12.1 Å². The first-order chi connectivity index (χ1) is 8.27. The summed E-state index contributed by atoms with van der Waals surface area (Å²) in [5.41, 5.74) is 0.748. The van der Waals surface area contributed by atoms with Gasteiger partial charge in [-0.05, 0) is 24.5 Å². The SMILES string of the molecule is CCCC[C@H](CC)CNC(=O)c1ccccc1. The van der Waals surface area contributed by atoms with Crippen LogP contribution in [0, 0.1) is 5.92 Å². The van der Waals surface area contributed by atoms with Gasteiger partial charge >= 0.3 is 0 Å². The largest absolute Gasteiger partial charge is 0.352 e. The highest BCUT2D eigenvalue weighted by Gasteiger charge is 2.09. The fourth-order valence-electron chi connectivity index (χ4n) is 1.87. The second-order valence-corrected chi connectivity index (χ2v) is 4.49. The van der Waals surface area contributed by atoms with Crippen molar-refractivity contribution in [2.45, 2.75) is 39.5 Å². The summed E-state index contributed by atoms with van der Waals surface area (Å²) in [4.78, 5) is 11.8. The van der Waals surface area contributed by atoms with Crippen LogP contribution in [0.3, 0.4) is 0 Å². The summed E-state index contributed by atoms with van der Waals surface area (Å²) in [7, 11) is 0. The van der Waals surface area contributed by atoms with Crippen molar-refractivity contribution < 1.29 is 4.79 Å². The van der Waals surface area contributed by atoms with E-state index in [1.807, 2.05) is 30.3 Å². The minimum absolute atomic E-state index is 0.0422. The van der Waals surface area contributed by atoms with E-state index in [0.29, 0.717) is 5.92 Å². The lowest BCUT2D eigenvalue weighted by molar-refractivity contribution is 0.0946. The first-order valence-corrected chi connectivity index (χ1v) is 6.61. The molecule has 1 aromatic rings. The normalized spacial score (nSPS) is 12.1. The van der Waals surface area contributed by atoms with Crippen molar-refractivity contribution in [1.29, 1.82) is 0 Å². The molecule has 0 unspecified atom stereocenters. The molecule has 0 aliphatic heterocycles. The third-order valence-electron chi connectivity index (χ3n) is 3.13. The molecule has 0 aliphatic carbocycles. The molecular weight excluding hydrogens is 210 g/mol. The Balaban J connectivity index is 2.36. The zero-order chi connectivity index (χ0) is 12.5. The highest BCUT2D eigenvalue weighted by atomic mass is 16.1. The van der Waals surface area contributed by atoms with Gasteiger partial charge in [-0.15, -0.1) is 0 Å². The predicted octanol–water partition coefficient (Wildman–Crippen LogP) is 3.63. The van der Waals surface area contributed by atoms with Crippen molar-refractivity contribution in [3.8, 4) is 0 Å². The zero-order valence-electron chi connectivity index (χ0n) is 10.9. The second-order valence-electron chi connectivity index (χ2n) is 4.49. The Morgan fingerprint density at radius 2 is 1.94 bits per heavy atom. The molecule has 1 N–H and O–H groups in total. The summed E-state index contributed by atoms with van der Waals surface area (Å²) in [6, 6.07) is 9.41. The quantitative estimate of drug-likeness (QED) is 0.765. The predicted molar refractivity (Wildman–Crippen MR) is 72.1 cm³/mol. The van der Waals surface area contributed by atoms with Crippen LogP contribution in [0.15, 0.2) is 30.3 Å². The molecule has 1 rings (SSSR count). The highest BCUT2D eigenvalue weighted by molar-refractivity contribution is 5.94. The van der Waals surface area contributed by atoms with Gasteiger partial charge in [-0.2, -0.15) is 0 Å². The van der Waals surface area contributed by atoms with Crippen LogP contribution in [0.1, 0.15) is 49.9 Å². The Morgan fingerprint density at radius 3 is 2.53 bits per heavy atom. The van der Waals surface area contributed by atoms with Crippen molar-refractivity contribution in [3.63, 3.8) is 0 Å². The molecule has 0 spiro atoms. The summed E-state index contributed by atoms with van der Waals surface area (Å²) >= 11 is 0. The zero-order valence-corrected chi connectivity index (χ0v) is 10.9. The van der Waals surface area contributed by atoms with Crippen molar-refractivity contribution in [3.05, 3.63) is 35.9 Å². The number of amides is 1. The van der Waals surface area contributed by atoms with Crippen LogP contribution in [0.2, 0.25) is 0 Å². The van der Waals surface area contributed by atoms with E-state index < -0.39 is 0 Å². The van der Waals surface area contributed by atoms with E-state index in [0.717, 1.165) is 18.5 Å². The van der Waals surface area contributed by atoms with Gasteiger partial charge in [-0.1, -0.05) is 51.3 Å². The van der Waals surface area contributed by atoms with Gasteiger partial charge in [0.2, 0.25) is 0 Å². The Labute approximate surface area is 104 Å². The van der Waals surface area contributed by atoms with E-state index >= 15 is 0 Å². The molecule has 0 bridgehead atoms. The Kier molecular flexibility index (Phi) is 6.38. The summed E-state index contributed by atoms with van der Waals surface area (Å²) in [5.74, 6) is 0.656. The molecule has 0 radical (unpaired) electrons. The standard InChI is InChI=1S/C15H23NO/c1-3-5-9-13(4-2)12-16-15(17)14-10-7-6-8-11-14/h6-8,10-11,13H,3-5,9,12H2,1-2H3,(H,16,17)/t13-/m0/s1. The number of benzene rings is 1. The molecule has 17 heavy (non-hydrogen) atoms. The second kappa shape index (κ2) is 7.88. The van der Waals surface area contributed by atoms with Crippen LogP contribution < -0.4 is 5.32 Å². The molecule has 0 fully saturated rings. The maximum atomic E-state index is 11.8. The fourth-order valence-corrected chi connectivity index (χ4v) is 1.87. The lowest BCUT2D eigenvalue weighted by Gasteiger charge is -2.15. The van der Waals surface area contributed by atoms with Gasteiger partial charge < -0.3 is 5.32 Å². The summed E-state index contributed by atoms with van der Waals surface area (Å²) in [6.45, 7) is 5.19. The average Bonchev–Trinajstić information content (AvgIpc) is 2.39. The van der Waals surface area contributed by atoms with E-state index in [1.165, 1.54) is 19.3 Å². The lowest BCUT2D eigenvalue weighted by Crippen LogP contribution is -2.29. The van der Waals surface area contributed by atoms with Crippen molar-refractivity contribution in [2.75, 3.05) is 6.54 Å². The molecule has 0 aliphatic rings. The summed E-state index contributed by atoms with van der Waals surface area (Å²) < 4.78 is 0. The number of hydrogen-bond donors (Lipinski definition) is 1. The van der Waals surface area contributed by atoms with E-state index in [2.05, 4.69) is 19.2 Å². The van der Waals surface area contributed by atoms with E-state index in [1.54, 1.807) is 0 Å². The number of unbranched alkanes of at least 4 members (excludes halogenated alkanes) is 1. The molecule has 0 heterocycles. The first-order valence-electron chi connectivity index (χ1n) is 6.61. The molecular formula is C15H23NO. The van der Waals surface area contributed by atoms with Crippen LogP contribution in [-0.2, 0) is 0 Å². The smallest absolute Gasteiger partial charge is 0.251 e. The molecule has 1 atom stereocenters. The number of carbonyl (C=O) groups excluding carboxylic acids is 1. The number of hydrogen-bond acceptors (Lipinski definition) is 1. The molecule has 94 valence electrons. The monoisotopic (exact) mass is 233 g/mol. The van der Waals surface area contributed by atoms with Gasteiger partial charge in [-0.3, -0.25) is 4.79 Å². The molecule has 0 saturated carbocycles. The highest BCUT2D eigenvalue weighted by Crippen LogP contribution is 2.11.